The summed E-state index contributed by atoms with van der Waals surface area (Å²) in [7, 11) is -3.15. The third-order valence-electron chi connectivity index (χ3n) is 3.07. The number of non-ortho nitro benzene ring substituents is 1. The second-order valence-corrected chi connectivity index (χ2v) is 6.87. The van der Waals surface area contributed by atoms with E-state index >= 15 is 0 Å². The molecule has 7 nitrogen and oxygen atoms in total. The monoisotopic (exact) mass is 298 g/mol. The first-order valence-electron chi connectivity index (χ1n) is 5.88. The van der Waals surface area contributed by atoms with Gasteiger partial charge in [0.25, 0.3) is 5.69 Å². The average Bonchev–Trinajstić information content (AvgIpc) is 2.72. The molecule has 0 fully saturated rings. The molecule has 0 saturated heterocycles. The average molecular weight is 298 g/mol. The first-order valence-corrected chi connectivity index (χ1v) is 7.94. The highest BCUT2D eigenvalue weighted by molar-refractivity contribution is 7.90. The Morgan fingerprint density at radius 1 is 1.40 bits per heavy atom. The van der Waals surface area contributed by atoms with Crippen molar-refractivity contribution in [3.8, 4) is 0 Å². The number of aromatic nitrogens is 1. The van der Waals surface area contributed by atoms with Crippen LogP contribution < -0.4 is 0 Å². The molecule has 2 rings (SSSR count). The number of aliphatic hydroxyl groups excluding tert-OH is 1. The van der Waals surface area contributed by atoms with E-state index in [2.05, 4.69) is 4.98 Å². The van der Waals surface area contributed by atoms with Crippen LogP contribution in [0.1, 0.15) is 11.3 Å². The summed E-state index contributed by atoms with van der Waals surface area (Å²) in [4.78, 5) is 13.2. The Bertz CT molecular complexity index is 763. The van der Waals surface area contributed by atoms with Crippen molar-refractivity contribution in [3.63, 3.8) is 0 Å². The molecule has 0 aliphatic carbocycles. The van der Waals surface area contributed by atoms with Gasteiger partial charge in [-0.05, 0) is 18.1 Å². The van der Waals surface area contributed by atoms with Crippen LogP contribution in [0.15, 0.2) is 18.2 Å². The minimum Gasteiger partial charge on any atom is -0.390 e. The molecule has 0 atom stereocenters. The molecule has 0 unspecified atom stereocenters. The third-order valence-corrected chi connectivity index (χ3v) is 4.02. The van der Waals surface area contributed by atoms with Gasteiger partial charge in [-0.25, -0.2) is 8.42 Å². The van der Waals surface area contributed by atoms with Crippen LogP contribution in [-0.4, -0.2) is 35.4 Å². The van der Waals surface area contributed by atoms with E-state index in [1.54, 1.807) is 6.07 Å². The number of hydrogen-bond donors (Lipinski definition) is 2. The zero-order chi connectivity index (χ0) is 14.9. The van der Waals surface area contributed by atoms with E-state index in [9.17, 15) is 23.6 Å². The summed E-state index contributed by atoms with van der Waals surface area (Å²) in [5.74, 6) is -0.0738. The molecule has 2 aromatic rings. The molecule has 0 radical (unpaired) electrons. The molecule has 2 N–H and O–H groups in total. The molecule has 108 valence electrons. The topological polar surface area (TPSA) is 113 Å². The highest BCUT2D eigenvalue weighted by atomic mass is 32.2. The maximum absolute atomic E-state index is 11.3. The van der Waals surface area contributed by atoms with Gasteiger partial charge in [0.15, 0.2) is 0 Å². The van der Waals surface area contributed by atoms with Gasteiger partial charge >= 0.3 is 0 Å². The van der Waals surface area contributed by atoms with Gasteiger partial charge in [-0.15, -0.1) is 0 Å². The number of rotatable bonds is 5. The lowest BCUT2D eigenvalue weighted by Crippen LogP contribution is -2.07. The highest BCUT2D eigenvalue weighted by Crippen LogP contribution is 2.27. The fraction of sp³-hybridized carbons (Fsp3) is 0.333. The van der Waals surface area contributed by atoms with Crippen molar-refractivity contribution < 1.29 is 18.4 Å². The van der Waals surface area contributed by atoms with Gasteiger partial charge in [0.05, 0.1) is 17.3 Å². The van der Waals surface area contributed by atoms with E-state index in [1.807, 2.05) is 0 Å². The fourth-order valence-corrected chi connectivity index (χ4v) is 2.69. The molecule has 1 heterocycles. The number of sulfone groups is 1. The summed E-state index contributed by atoms with van der Waals surface area (Å²) in [6, 6.07) is 4.31. The van der Waals surface area contributed by atoms with Crippen molar-refractivity contribution in [2.45, 2.75) is 13.0 Å². The molecule has 1 aromatic carbocycles. The van der Waals surface area contributed by atoms with Crippen molar-refractivity contribution in [1.82, 2.24) is 4.98 Å². The second kappa shape index (κ2) is 5.22. The van der Waals surface area contributed by atoms with Gasteiger partial charge in [-0.2, -0.15) is 0 Å². The van der Waals surface area contributed by atoms with Gasteiger partial charge in [-0.3, -0.25) is 10.1 Å². The summed E-state index contributed by atoms with van der Waals surface area (Å²) >= 11 is 0. The number of aryl methyl sites for hydroxylation is 1. The Morgan fingerprint density at radius 2 is 2.10 bits per heavy atom. The van der Waals surface area contributed by atoms with Gasteiger partial charge < -0.3 is 10.1 Å². The quantitative estimate of drug-likeness (QED) is 0.635. The first-order chi connectivity index (χ1) is 9.31. The van der Waals surface area contributed by atoms with Crippen LogP contribution in [0.4, 0.5) is 5.69 Å². The minimum absolute atomic E-state index is 0.0680. The lowest BCUT2D eigenvalue weighted by molar-refractivity contribution is -0.384. The molecule has 0 aliphatic heterocycles. The van der Waals surface area contributed by atoms with Crippen molar-refractivity contribution in [2.75, 3.05) is 12.0 Å². The lowest BCUT2D eigenvalue weighted by Gasteiger charge is -2.02. The van der Waals surface area contributed by atoms with E-state index in [4.69, 9.17) is 0 Å². The van der Waals surface area contributed by atoms with E-state index in [1.165, 1.54) is 12.1 Å². The number of fused-ring (bicyclic) bond motifs is 1. The molecule has 0 spiro atoms. The van der Waals surface area contributed by atoms with Gasteiger partial charge in [0.1, 0.15) is 9.84 Å². The molecule has 0 amide bonds. The molecule has 8 heteroatoms. The number of hydrogen-bond acceptors (Lipinski definition) is 5. The minimum atomic E-state index is -3.15. The third kappa shape index (κ3) is 2.97. The van der Waals surface area contributed by atoms with E-state index in [-0.39, 0.29) is 24.5 Å². The van der Waals surface area contributed by atoms with Crippen molar-refractivity contribution >= 4 is 26.4 Å². The molecular weight excluding hydrogens is 284 g/mol. The van der Waals surface area contributed by atoms with Gasteiger partial charge in [0, 0.05) is 35.0 Å². The molecular formula is C12H14N2O5S. The smallest absolute Gasteiger partial charge is 0.270 e. The van der Waals surface area contributed by atoms with E-state index < -0.39 is 14.8 Å². The summed E-state index contributed by atoms with van der Waals surface area (Å²) in [5.41, 5.74) is 1.67. The van der Waals surface area contributed by atoms with Crippen LogP contribution in [-0.2, 0) is 22.9 Å². The fourth-order valence-electron chi connectivity index (χ4n) is 2.11. The lowest BCUT2D eigenvalue weighted by atomic mass is 10.1. The number of aliphatic hydroxyl groups is 1. The SMILES string of the molecule is CS(=O)(=O)CCc1c(CO)[nH]c2ccc([N+](=O)[O-])cc12. The molecule has 1 aromatic heterocycles. The Morgan fingerprint density at radius 3 is 2.65 bits per heavy atom. The van der Waals surface area contributed by atoms with Gasteiger partial charge in [0.2, 0.25) is 0 Å². The van der Waals surface area contributed by atoms with E-state index in [0.717, 1.165) is 6.26 Å². The molecule has 0 aliphatic rings. The normalized spacial score (nSPS) is 11.9. The standard InChI is InChI=1S/C12H14N2O5S/c1-20(18,19)5-4-9-10-6-8(14(16)17)2-3-11(10)13-12(9)7-15/h2-3,6,13,15H,4-5,7H2,1H3. The Kier molecular flexibility index (Phi) is 3.78. The zero-order valence-corrected chi connectivity index (χ0v) is 11.6. The van der Waals surface area contributed by atoms with E-state index in [0.29, 0.717) is 22.2 Å². The molecule has 0 bridgehead atoms. The van der Waals surface area contributed by atoms with Crippen molar-refractivity contribution in [1.29, 1.82) is 0 Å². The molecule has 20 heavy (non-hydrogen) atoms. The largest absolute Gasteiger partial charge is 0.390 e. The molecule has 0 saturated carbocycles. The first kappa shape index (κ1) is 14.5. The maximum Gasteiger partial charge on any atom is 0.270 e. The number of benzene rings is 1. The number of H-pyrrole nitrogens is 1. The number of aromatic amines is 1. The summed E-state index contributed by atoms with van der Waals surface area (Å²) in [5, 5.41) is 20.7. The summed E-state index contributed by atoms with van der Waals surface area (Å²) < 4.78 is 22.5. The van der Waals surface area contributed by atoms with Crippen LogP contribution in [0.2, 0.25) is 0 Å². The summed E-state index contributed by atoms with van der Waals surface area (Å²) in [6.45, 7) is -0.276. The highest BCUT2D eigenvalue weighted by Gasteiger charge is 2.16. The van der Waals surface area contributed by atoms with Crippen LogP contribution in [0.5, 0.6) is 0 Å². The zero-order valence-electron chi connectivity index (χ0n) is 10.8. The summed E-state index contributed by atoms with van der Waals surface area (Å²) in [6.07, 6.45) is 1.33. The Hall–Kier alpha value is -1.93. The number of nitrogens with one attached hydrogen (secondary N) is 1. The second-order valence-electron chi connectivity index (χ2n) is 4.61. The maximum atomic E-state index is 11.3. The predicted octanol–water partition coefficient (Wildman–Crippen LogP) is 1.16. The Balaban J connectivity index is 2.53. The number of nitrogens with zero attached hydrogens (tertiary/aromatic N) is 1. The van der Waals surface area contributed by atoms with Crippen LogP contribution in [0.25, 0.3) is 10.9 Å². The van der Waals surface area contributed by atoms with Gasteiger partial charge in [-0.1, -0.05) is 0 Å². The number of nitro benzene ring substituents is 1. The Labute approximate surface area is 115 Å². The number of nitro groups is 1. The van der Waals surface area contributed by atoms with Crippen molar-refractivity contribution in [2.24, 2.45) is 0 Å². The predicted molar refractivity (Wildman–Crippen MR) is 74.3 cm³/mol. The van der Waals surface area contributed by atoms with Crippen LogP contribution in [0.3, 0.4) is 0 Å². The van der Waals surface area contributed by atoms with Crippen LogP contribution >= 0.6 is 0 Å². The van der Waals surface area contributed by atoms with Crippen molar-refractivity contribution in [3.05, 3.63) is 39.6 Å². The van der Waals surface area contributed by atoms with Crippen LogP contribution in [0, 0.1) is 10.1 Å².